The molecule has 0 radical (unpaired) electrons. The first kappa shape index (κ1) is 21.2. The van der Waals surface area contributed by atoms with Crippen LogP contribution in [0.4, 0.5) is 0 Å². The van der Waals surface area contributed by atoms with Gasteiger partial charge in [0.05, 0.1) is 6.04 Å². The fourth-order valence-electron chi connectivity index (χ4n) is 2.41. The van der Waals surface area contributed by atoms with E-state index in [0.29, 0.717) is 0 Å². The van der Waals surface area contributed by atoms with Crippen molar-refractivity contribution >= 4 is 28.7 Å². The van der Waals surface area contributed by atoms with Crippen molar-refractivity contribution in [1.29, 1.82) is 0 Å². The summed E-state index contributed by atoms with van der Waals surface area (Å²) in [6, 6.07) is 5.23. The summed E-state index contributed by atoms with van der Waals surface area (Å²) in [6.07, 6.45) is 1.49. The molecule has 1 amide bonds. The average molecular weight is 357 g/mol. The minimum absolute atomic E-state index is 0. The molecule has 8 nitrogen and oxygen atoms in total. The minimum atomic E-state index is -1.18. The number of carbonyl (C=O) groups is 3. The molecule has 0 saturated heterocycles. The molecule has 130 valence electrons. The number of aromatic amines is 1. The van der Waals surface area contributed by atoms with Crippen molar-refractivity contribution in [3.05, 3.63) is 36.0 Å². The molecule has 25 heavy (non-hydrogen) atoms. The van der Waals surface area contributed by atoms with E-state index < -0.39 is 29.9 Å². The van der Waals surface area contributed by atoms with Gasteiger partial charge in [0, 0.05) is 29.9 Å². The van der Waals surface area contributed by atoms with Crippen molar-refractivity contribution in [1.82, 2.24) is 10.3 Å². The second-order valence-electron chi connectivity index (χ2n) is 5.50. The molecule has 9 heteroatoms. The third kappa shape index (κ3) is 5.86. The summed E-state index contributed by atoms with van der Waals surface area (Å²) in [5.41, 5.74) is 7.24. The van der Waals surface area contributed by atoms with Crippen LogP contribution in [0.2, 0.25) is 0 Å². The van der Waals surface area contributed by atoms with E-state index in [1.54, 1.807) is 6.20 Å². The van der Waals surface area contributed by atoms with Crippen molar-refractivity contribution in [3.63, 3.8) is 0 Å². The van der Waals surface area contributed by atoms with Crippen LogP contribution in [0.3, 0.4) is 0 Å². The summed E-state index contributed by atoms with van der Waals surface area (Å²) in [5, 5.41) is 21.2. The molecule has 6 N–H and O–H groups in total. The van der Waals surface area contributed by atoms with Crippen LogP contribution in [0.5, 0.6) is 0 Å². The normalized spacial score (nSPS) is 12.8. The van der Waals surface area contributed by atoms with Gasteiger partial charge in [-0.1, -0.05) is 18.2 Å². The van der Waals surface area contributed by atoms with E-state index in [1.165, 1.54) is 0 Å². The van der Waals surface area contributed by atoms with Crippen LogP contribution in [-0.2, 0) is 20.8 Å². The van der Waals surface area contributed by atoms with Crippen molar-refractivity contribution < 1.29 is 55.6 Å². The Morgan fingerprint density at radius 1 is 1.24 bits per heavy atom. The number of hydrogen-bond acceptors (Lipinski definition) is 4. The van der Waals surface area contributed by atoms with E-state index in [0.717, 1.165) is 16.5 Å². The number of amides is 1. The number of hydrogen-bond donors (Lipinski definition) is 5. The monoisotopic (exact) mass is 357 g/mol. The van der Waals surface area contributed by atoms with Gasteiger partial charge in [-0.3, -0.25) is 9.59 Å². The summed E-state index contributed by atoms with van der Waals surface area (Å²) >= 11 is 0. The van der Waals surface area contributed by atoms with Crippen LogP contribution in [0, 0.1) is 0 Å². The van der Waals surface area contributed by atoms with Gasteiger partial charge in [0.2, 0.25) is 5.91 Å². The number of fused-ring (bicyclic) bond motifs is 1. The maximum absolute atomic E-state index is 12.0. The smallest absolute Gasteiger partial charge is 1.00 e. The van der Waals surface area contributed by atoms with Crippen LogP contribution in [0.25, 0.3) is 10.9 Å². The van der Waals surface area contributed by atoms with Crippen molar-refractivity contribution in [2.24, 2.45) is 5.73 Å². The van der Waals surface area contributed by atoms with Gasteiger partial charge in [0.1, 0.15) is 6.04 Å². The standard InChI is InChI=1S/C16H19N3O5.Na.H/c17-11(5-6-14(20)21)15(22)19-13(16(23)24)7-9-8-18-12-4-2-1-3-10(9)12;;/h1-4,8,11,13,18H,5-7,17H2,(H,19,22)(H,20,21)(H,23,24);;/q;+1;-1/t11-,13+;;/m0../s1. The molecule has 1 aromatic heterocycles. The summed E-state index contributed by atoms with van der Waals surface area (Å²) < 4.78 is 0. The molecule has 0 aliphatic carbocycles. The van der Waals surface area contributed by atoms with E-state index in [2.05, 4.69) is 10.3 Å². The Morgan fingerprint density at radius 3 is 2.56 bits per heavy atom. The maximum atomic E-state index is 12.0. The van der Waals surface area contributed by atoms with E-state index in [9.17, 15) is 19.5 Å². The van der Waals surface area contributed by atoms with E-state index in [4.69, 9.17) is 10.8 Å². The first-order valence-corrected chi connectivity index (χ1v) is 7.44. The number of benzene rings is 1. The molecule has 1 heterocycles. The molecule has 2 atom stereocenters. The fourth-order valence-corrected chi connectivity index (χ4v) is 2.41. The molecule has 0 saturated carbocycles. The fraction of sp³-hybridized carbons (Fsp3) is 0.312. The number of carbonyl (C=O) groups excluding carboxylic acids is 1. The number of carboxylic acid groups (broad SMARTS) is 2. The minimum Gasteiger partial charge on any atom is -1.00 e. The number of H-pyrrole nitrogens is 1. The Labute approximate surface area is 167 Å². The molecular formula is C16H20N3NaO5. The quantitative estimate of drug-likeness (QED) is 0.333. The van der Waals surface area contributed by atoms with Crippen molar-refractivity contribution in [2.75, 3.05) is 0 Å². The van der Waals surface area contributed by atoms with Gasteiger partial charge in [0.25, 0.3) is 0 Å². The first-order valence-electron chi connectivity index (χ1n) is 7.44. The predicted octanol–water partition coefficient (Wildman–Crippen LogP) is -2.41. The maximum Gasteiger partial charge on any atom is 1.00 e. The number of aliphatic carboxylic acids is 2. The zero-order valence-corrected chi connectivity index (χ0v) is 15.9. The number of carboxylic acids is 2. The number of nitrogens with two attached hydrogens (primary N) is 1. The Hall–Kier alpha value is -1.87. The Kier molecular flexibility index (Phi) is 8.11. The molecule has 1 aromatic carbocycles. The largest absolute Gasteiger partial charge is 1.00 e. The van der Waals surface area contributed by atoms with E-state index >= 15 is 0 Å². The molecule has 2 aromatic rings. The zero-order chi connectivity index (χ0) is 17.7. The average Bonchev–Trinajstić information content (AvgIpc) is 2.94. The Bertz CT molecular complexity index is 767. The summed E-state index contributed by atoms with van der Waals surface area (Å²) in [6.45, 7) is 0. The number of para-hydroxylation sites is 1. The summed E-state index contributed by atoms with van der Waals surface area (Å²) in [7, 11) is 0. The van der Waals surface area contributed by atoms with Gasteiger partial charge in [0.15, 0.2) is 0 Å². The summed E-state index contributed by atoms with van der Waals surface area (Å²) in [4.78, 5) is 36.9. The van der Waals surface area contributed by atoms with Gasteiger partial charge in [-0.2, -0.15) is 0 Å². The van der Waals surface area contributed by atoms with Gasteiger partial charge >= 0.3 is 41.5 Å². The van der Waals surface area contributed by atoms with Crippen LogP contribution in [-0.4, -0.2) is 45.1 Å². The van der Waals surface area contributed by atoms with Crippen LogP contribution < -0.4 is 40.6 Å². The number of aromatic nitrogens is 1. The van der Waals surface area contributed by atoms with Gasteiger partial charge in [-0.05, 0) is 18.1 Å². The Balaban J connectivity index is 0.00000312. The van der Waals surface area contributed by atoms with Crippen LogP contribution in [0.15, 0.2) is 30.5 Å². The van der Waals surface area contributed by atoms with E-state index in [-0.39, 0.29) is 50.2 Å². The van der Waals surface area contributed by atoms with E-state index in [1.807, 2.05) is 24.3 Å². The molecule has 0 spiro atoms. The van der Waals surface area contributed by atoms with Crippen molar-refractivity contribution in [2.45, 2.75) is 31.3 Å². The molecule has 0 aliphatic rings. The SMILES string of the molecule is N[C@@H](CCC(=O)O)C(=O)N[C@H](Cc1c[nH]c2ccccc12)C(=O)O.[H-].[Na+]. The molecule has 0 bridgehead atoms. The van der Waals surface area contributed by atoms with Gasteiger partial charge in [-0.25, -0.2) is 4.79 Å². The van der Waals surface area contributed by atoms with Crippen LogP contribution in [0.1, 0.15) is 19.8 Å². The van der Waals surface area contributed by atoms with Gasteiger partial charge < -0.3 is 27.7 Å². The summed E-state index contributed by atoms with van der Waals surface area (Å²) in [5.74, 6) is -2.92. The Morgan fingerprint density at radius 2 is 1.92 bits per heavy atom. The zero-order valence-electron chi connectivity index (χ0n) is 14.9. The van der Waals surface area contributed by atoms with Crippen molar-refractivity contribution in [3.8, 4) is 0 Å². The third-order valence-electron chi connectivity index (χ3n) is 3.72. The molecule has 0 unspecified atom stereocenters. The molecular weight excluding hydrogens is 337 g/mol. The topological polar surface area (TPSA) is 146 Å². The first-order chi connectivity index (χ1) is 11.4. The third-order valence-corrected chi connectivity index (χ3v) is 3.72. The molecule has 0 fully saturated rings. The predicted molar refractivity (Wildman–Crippen MR) is 87.5 cm³/mol. The second kappa shape index (κ2) is 9.57. The number of rotatable bonds is 8. The number of nitrogens with one attached hydrogen (secondary N) is 2. The molecule has 2 rings (SSSR count). The van der Waals surface area contributed by atoms with Gasteiger partial charge in [-0.15, -0.1) is 0 Å². The molecule has 0 aliphatic heterocycles. The second-order valence-corrected chi connectivity index (χ2v) is 5.50. The van der Waals surface area contributed by atoms with Crippen LogP contribution >= 0.6 is 0 Å².